The molecule has 16 heavy (non-hydrogen) atoms. The molecule has 2 nitrogen and oxygen atoms in total. The Balaban J connectivity index is 2.59. The Labute approximate surface area is 98.3 Å². The average Bonchev–Trinajstić information content (AvgIpc) is 2.28. The number of carbonyl (C=O) groups excluding carboxylic acids is 1. The number of Topliss-reactive ketones (excluding diaryl/α,β-unsaturated/α-hetero) is 1. The molecule has 0 unspecified atom stereocenters. The monoisotopic (exact) mass is 219 g/mol. The summed E-state index contributed by atoms with van der Waals surface area (Å²) >= 11 is 0. The number of carbonyl (C=O) groups is 1. The van der Waals surface area contributed by atoms with E-state index in [1.54, 1.807) is 0 Å². The van der Waals surface area contributed by atoms with Gasteiger partial charge in [-0.05, 0) is 19.5 Å². The van der Waals surface area contributed by atoms with Crippen molar-refractivity contribution < 1.29 is 4.79 Å². The second-order valence-electron chi connectivity index (χ2n) is 4.63. The molecule has 88 valence electrons. The van der Waals surface area contributed by atoms with Gasteiger partial charge in [-0.3, -0.25) is 9.69 Å². The third kappa shape index (κ3) is 3.46. The van der Waals surface area contributed by atoms with Crippen LogP contribution in [0, 0.1) is 5.92 Å². The van der Waals surface area contributed by atoms with Crippen LogP contribution >= 0.6 is 0 Å². The number of ketones is 1. The molecule has 1 atom stereocenters. The van der Waals surface area contributed by atoms with E-state index in [1.165, 1.54) is 5.56 Å². The Bertz CT molecular complexity index is 332. The van der Waals surface area contributed by atoms with Crippen molar-refractivity contribution >= 4 is 5.78 Å². The van der Waals surface area contributed by atoms with E-state index >= 15 is 0 Å². The first-order valence-corrected chi connectivity index (χ1v) is 5.80. The molecule has 1 rings (SSSR count). The number of hydrogen-bond acceptors (Lipinski definition) is 2. The van der Waals surface area contributed by atoms with E-state index < -0.39 is 0 Å². The minimum atomic E-state index is -0.0137. The molecule has 0 N–H and O–H groups in total. The average molecular weight is 219 g/mol. The number of likely N-dealkylation sites (N-methyl/N-ethyl adjacent to an activating group) is 1. The Morgan fingerprint density at radius 2 is 1.75 bits per heavy atom. The highest BCUT2D eigenvalue weighted by Crippen LogP contribution is 2.09. The van der Waals surface area contributed by atoms with E-state index in [0.29, 0.717) is 5.78 Å². The van der Waals surface area contributed by atoms with E-state index in [9.17, 15) is 4.79 Å². The summed E-state index contributed by atoms with van der Waals surface area (Å²) in [6.07, 6.45) is 0. The third-order valence-electron chi connectivity index (χ3n) is 2.92. The summed E-state index contributed by atoms with van der Waals surface area (Å²) in [4.78, 5) is 13.9. The minimum absolute atomic E-state index is 0.0137. The van der Waals surface area contributed by atoms with Crippen LogP contribution in [0.15, 0.2) is 30.3 Å². The zero-order chi connectivity index (χ0) is 12.1. The van der Waals surface area contributed by atoms with E-state index in [-0.39, 0.29) is 12.0 Å². The lowest BCUT2D eigenvalue weighted by molar-refractivity contribution is -0.126. The number of nitrogens with zero attached hydrogens (tertiary/aromatic N) is 1. The molecule has 0 heterocycles. The van der Waals surface area contributed by atoms with Gasteiger partial charge in [-0.1, -0.05) is 44.2 Å². The SMILES string of the molecule is CC(C)C(=O)[C@H](C)N(C)Cc1ccccc1. The van der Waals surface area contributed by atoms with Crippen LogP contribution < -0.4 is 0 Å². The minimum Gasteiger partial charge on any atom is -0.298 e. The van der Waals surface area contributed by atoms with Crippen molar-refractivity contribution in [1.82, 2.24) is 4.90 Å². The van der Waals surface area contributed by atoms with Crippen molar-refractivity contribution in [3.05, 3.63) is 35.9 Å². The predicted molar refractivity (Wildman–Crippen MR) is 67.2 cm³/mol. The zero-order valence-electron chi connectivity index (χ0n) is 10.6. The normalized spacial score (nSPS) is 13.1. The van der Waals surface area contributed by atoms with E-state index in [0.717, 1.165) is 6.54 Å². The lowest BCUT2D eigenvalue weighted by Gasteiger charge is -2.24. The molecule has 0 aliphatic heterocycles. The molecule has 0 fully saturated rings. The van der Waals surface area contributed by atoms with Crippen molar-refractivity contribution in [3.63, 3.8) is 0 Å². The van der Waals surface area contributed by atoms with Gasteiger partial charge in [0.2, 0.25) is 0 Å². The molecule has 0 bridgehead atoms. The fourth-order valence-electron chi connectivity index (χ4n) is 1.71. The maximum absolute atomic E-state index is 11.8. The summed E-state index contributed by atoms with van der Waals surface area (Å²) in [6.45, 7) is 6.70. The molecule has 0 amide bonds. The molecular formula is C14H21NO. The lowest BCUT2D eigenvalue weighted by atomic mass is 10.0. The molecule has 0 saturated heterocycles. The topological polar surface area (TPSA) is 20.3 Å². The molecule has 1 aromatic rings. The van der Waals surface area contributed by atoms with Gasteiger partial charge >= 0.3 is 0 Å². The Morgan fingerprint density at radius 1 is 1.19 bits per heavy atom. The summed E-state index contributed by atoms with van der Waals surface area (Å²) in [7, 11) is 2.00. The van der Waals surface area contributed by atoms with Crippen LogP contribution in [-0.2, 0) is 11.3 Å². The van der Waals surface area contributed by atoms with E-state index in [4.69, 9.17) is 0 Å². The van der Waals surface area contributed by atoms with Gasteiger partial charge in [0.1, 0.15) is 0 Å². The zero-order valence-corrected chi connectivity index (χ0v) is 10.6. The van der Waals surface area contributed by atoms with Gasteiger partial charge in [-0.25, -0.2) is 0 Å². The van der Waals surface area contributed by atoms with Gasteiger partial charge < -0.3 is 0 Å². The first-order chi connectivity index (χ1) is 7.52. The molecule has 1 aromatic carbocycles. The highest BCUT2D eigenvalue weighted by atomic mass is 16.1. The van der Waals surface area contributed by atoms with Crippen LogP contribution in [0.3, 0.4) is 0 Å². The second kappa shape index (κ2) is 5.80. The molecular weight excluding hydrogens is 198 g/mol. The Hall–Kier alpha value is -1.15. The van der Waals surface area contributed by atoms with Gasteiger partial charge in [0.25, 0.3) is 0 Å². The fraction of sp³-hybridized carbons (Fsp3) is 0.500. The number of hydrogen-bond donors (Lipinski definition) is 0. The summed E-state index contributed by atoms with van der Waals surface area (Å²) in [5.41, 5.74) is 1.24. The smallest absolute Gasteiger partial charge is 0.152 e. The fourth-order valence-corrected chi connectivity index (χ4v) is 1.71. The van der Waals surface area contributed by atoms with Crippen molar-refractivity contribution in [2.75, 3.05) is 7.05 Å². The number of benzene rings is 1. The third-order valence-corrected chi connectivity index (χ3v) is 2.92. The molecule has 0 spiro atoms. The Kier molecular flexibility index (Phi) is 4.69. The molecule has 0 radical (unpaired) electrons. The molecule has 0 aromatic heterocycles. The van der Waals surface area contributed by atoms with Gasteiger partial charge in [-0.15, -0.1) is 0 Å². The van der Waals surface area contributed by atoms with Crippen molar-refractivity contribution in [2.45, 2.75) is 33.4 Å². The van der Waals surface area contributed by atoms with Crippen molar-refractivity contribution in [2.24, 2.45) is 5.92 Å². The van der Waals surface area contributed by atoms with Crippen LogP contribution in [-0.4, -0.2) is 23.8 Å². The summed E-state index contributed by atoms with van der Waals surface area (Å²) in [6, 6.07) is 10.2. The first kappa shape index (κ1) is 12.9. The number of rotatable bonds is 5. The lowest BCUT2D eigenvalue weighted by Crippen LogP contribution is -2.37. The second-order valence-corrected chi connectivity index (χ2v) is 4.63. The van der Waals surface area contributed by atoms with E-state index in [2.05, 4.69) is 17.0 Å². The van der Waals surface area contributed by atoms with Gasteiger partial charge in [0, 0.05) is 12.5 Å². The highest BCUT2D eigenvalue weighted by molar-refractivity contribution is 5.85. The van der Waals surface area contributed by atoms with E-state index in [1.807, 2.05) is 46.0 Å². The maximum atomic E-state index is 11.8. The van der Waals surface area contributed by atoms with Crippen LogP contribution in [0.1, 0.15) is 26.3 Å². The molecule has 2 heteroatoms. The maximum Gasteiger partial charge on any atom is 0.152 e. The van der Waals surface area contributed by atoms with Crippen LogP contribution in [0.25, 0.3) is 0 Å². The molecule has 0 aliphatic carbocycles. The summed E-state index contributed by atoms with van der Waals surface area (Å²) in [5, 5.41) is 0. The van der Waals surface area contributed by atoms with Gasteiger partial charge in [-0.2, -0.15) is 0 Å². The molecule has 0 saturated carbocycles. The van der Waals surface area contributed by atoms with Crippen molar-refractivity contribution in [1.29, 1.82) is 0 Å². The van der Waals surface area contributed by atoms with Crippen molar-refractivity contribution in [3.8, 4) is 0 Å². The first-order valence-electron chi connectivity index (χ1n) is 5.80. The van der Waals surface area contributed by atoms with Gasteiger partial charge in [0.15, 0.2) is 5.78 Å². The van der Waals surface area contributed by atoms with Crippen LogP contribution in [0.2, 0.25) is 0 Å². The van der Waals surface area contributed by atoms with Crippen LogP contribution in [0.4, 0.5) is 0 Å². The van der Waals surface area contributed by atoms with Gasteiger partial charge in [0.05, 0.1) is 6.04 Å². The molecule has 0 aliphatic rings. The van der Waals surface area contributed by atoms with Crippen LogP contribution in [0.5, 0.6) is 0 Å². The highest BCUT2D eigenvalue weighted by Gasteiger charge is 2.20. The quantitative estimate of drug-likeness (QED) is 0.759. The largest absolute Gasteiger partial charge is 0.298 e. The Morgan fingerprint density at radius 3 is 2.25 bits per heavy atom. The predicted octanol–water partition coefficient (Wildman–Crippen LogP) is 2.73. The standard InChI is InChI=1S/C14H21NO/c1-11(2)14(16)12(3)15(4)10-13-8-6-5-7-9-13/h5-9,11-12H,10H2,1-4H3/t12-/m0/s1. The summed E-state index contributed by atoms with van der Waals surface area (Å²) < 4.78 is 0. The summed E-state index contributed by atoms with van der Waals surface area (Å²) in [5.74, 6) is 0.409.